The summed E-state index contributed by atoms with van der Waals surface area (Å²) in [6, 6.07) is 6.68. The van der Waals surface area contributed by atoms with E-state index in [0.29, 0.717) is 0 Å². The minimum atomic E-state index is 0.140. The van der Waals surface area contributed by atoms with Crippen LogP contribution in [0.25, 0.3) is 0 Å². The molecule has 3 N–H and O–H groups in total. The van der Waals surface area contributed by atoms with Crippen molar-refractivity contribution in [1.29, 1.82) is 0 Å². The summed E-state index contributed by atoms with van der Waals surface area (Å²) in [6.07, 6.45) is 6.02. The molecule has 1 aromatic carbocycles. The van der Waals surface area contributed by atoms with Crippen molar-refractivity contribution in [1.82, 2.24) is 5.32 Å². The van der Waals surface area contributed by atoms with Gasteiger partial charge in [0.1, 0.15) is 5.75 Å². The van der Waals surface area contributed by atoms with Gasteiger partial charge in [-0.15, -0.1) is 0 Å². The molecule has 2 aliphatic rings. The van der Waals surface area contributed by atoms with Crippen LogP contribution < -0.4 is 15.8 Å². The zero-order chi connectivity index (χ0) is 13.3. The number of benzene rings is 1. The van der Waals surface area contributed by atoms with E-state index in [1.165, 1.54) is 30.4 Å². The normalized spacial score (nSPS) is 22.0. The Balaban J connectivity index is 1.85. The second kappa shape index (κ2) is 5.14. The van der Waals surface area contributed by atoms with Crippen molar-refractivity contribution < 1.29 is 4.74 Å². The highest BCUT2D eigenvalue weighted by atomic mass is 16.5. The number of hydrogen-bond donors (Lipinski definition) is 2. The lowest BCUT2D eigenvalue weighted by Gasteiger charge is -2.46. The third-order valence-corrected chi connectivity index (χ3v) is 4.83. The first kappa shape index (κ1) is 12.9. The van der Waals surface area contributed by atoms with Crippen molar-refractivity contribution in [3.8, 4) is 5.75 Å². The SMILES string of the molecule is CNCC1(C(N)c2ccc3c(c2)CCCO3)CCC1. The Kier molecular flexibility index (Phi) is 3.50. The second-order valence-electron chi connectivity index (χ2n) is 6.04. The third kappa shape index (κ3) is 2.26. The van der Waals surface area contributed by atoms with Crippen LogP contribution >= 0.6 is 0 Å². The quantitative estimate of drug-likeness (QED) is 0.874. The van der Waals surface area contributed by atoms with Crippen molar-refractivity contribution in [3.05, 3.63) is 29.3 Å². The van der Waals surface area contributed by atoms with E-state index in [1.807, 2.05) is 7.05 Å². The van der Waals surface area contributed by atoms with E-state index >= 15 is 0 Å². The molecule has 104 valence electrons. The van der Waals surface area contributed by atoms with Crippen LogP contribution in [0.3, 0.4) is 0 Å². The van der Waals surface area contributed by atoms with Gasteiger partial charge < -0.3 is 15.8 Å². The first-order valence-electron chi connectivity index (χ1n) is 7.41. The lowest BCUT2D eigenvalue weighted by atomic mass is 9.62. The van der Waals surface area contributed by atoms with Crippen LogP contribution in [0, 0.1) is 5.41 Å². The molecule has 0 radical (unpaired) electrons. The van der Waals surface area contributed by atoms with Gasteiger partial charge in [-0.05, 0) is 49.9 Å². The Hall–Kier alpha value is -1.06. The molecule has 1 atom stereocenters. The van der Waals surface area contributed by atoms with E-state index in [2.05, 4.69) is 23.5 Å². The minimum Gasteiger partial charge on any atom is -0.493 e. The highest BCUT2D eigenvalue weighted by Gasteiger charge is 2.42. The van der Waals surface area contributed by atoms with Gasteiger partial charge in [-0.2, -0.15) is 0 Å². The molecule has 3 rings (SSSR count). The van der Waals surface area contributed by atoms with Crippen LogP contribution in [-0.4, -0.2) is 20.2 Å². The maximum atomic E-state index is 6.57. The van der Waals surface area contributed by atoms with E-state index in [-0.39, 0.29) is 11.5 Å². The third-order valence-electron chi connectivity index (χ3n) is 4.83. The Morgan fingerprint density at radius 1 is 1.37 bits per heavy atom. The summed E-state index contributed by atoms with van der Waals surface area (Å²) in [5, 5.41) is 3.32. The first-order valence-corrected chi connectivity index (χ1v) is 7.41. The fourth-order valence-corrected chi connectivity index (χ4v) is 3.51. The van der Waals surface area contributed by atoms with E-state index in [9.17, 15) is 0 Å². The summed E-state index contributed by atoms with van der Waals surface area (Å²) in [5.41, 5.74) is 9.44. The van der Waals surface area contributed by atoms with Crippen LogP contribution in [-0.2, 0) is 6.42 Å². The summed E-state index contributed by atoms with van der Waals surface area (Å²) in [5.74, 6) is 1.05. The summed E-state index contributed by atoms with van der Waals surface area (Å²) < 4.78 is 5.68. The zero-order valence-electron chi connectivity index (χ0n) is 11.7. The highest BCUT2D eigenvalue weighted by molar-refractivity contribution is 5.40. The van der Waals surface area contributed by atoms with Crippen molar-refractivity contribution in [2.45, 2.75) is 38.1 Å². The smallest absolute Gasteiger partial charge is 0.122 e. The highest BCUT2D eigenvalue weighted by Crippen LogP contribution is 2.49. The van der Waals surface area contributed by atoms with Gasteiger partial charge in [-0.1, -0.05) is 18.6 Å². The lowest BCUT2D eigenvalue weighted by Crippen LogP contribution is -2.46. The lowest BCUT2D eigenvalue weighted by molar-refractivity contribution is 0.0946. The molecule has 19 heavy (non-hydrogen) atoms. The monoisotopic (exact) mass is 260 g/mol. The molecule has 0 aromatic heterocycles. The van der Waals surface area contributed by atoms with Crippen LogP contribution in [0.15, 0.2) is 18.2 Å². The molecule has 0 spiro atoms. The first-order chi connectivity index (χ1) is 9.25. The van der Waals surface area contributed by atoms with E-state index in [0.717, 1.165) is 31.7 Å². The van der Waals surface area contributed by atoms with Crippen molar-refractivity contribution in [2.24, 2.45) is 11.1 Å². The predicted molar refractivity (Wildman–Crippen MR) is 77.4 cm³/mol. The maximum absolute atomic E-state index is 6.57. The van der Waals surface area contributed by atoms with Gasteiger partial charge in [0.25, 0.3) is 0 Å². The molecule has 1 aliphatic heterocycles. The average molecular weight is 260 g/mol. The topological polar surface area (TPSA) is 47.3 Å². The van der Waals surface area contributed by atoms with Gasteiger partial charge in [-0.25, -0.2) is 0 Å². The standard InChI is InChI=1S/C16H24N2O/c1-18-11-16(7-3-8-16)15(17)13-5-6-14-12(10-13)4-2-9-19-14/h5-6,10,15,18H,2-4,7-9,11,17H2,1H3. The fraction of sp³-hybridized carbons (Fsp3) is 0.625. The van der Waals surface area contributed by atoms with Gasteiger partial charge in [0.2, 0.25) is 0 Å². The number of nitrogens with one attached hydrogen (secondary N) is 1. The molecule has 0 saturated heterocycles. The summed E-state index contributed by atoms with van der Waals surface area (Å²) in [6.45, 7) is 1.86. The number of rotatable bonds is 4. The predicted octanol–water partition coefficient (Wildman–Crippen LogP) is 2.40. The summed E-state index contributed by atoms with van der Waals surface area (Å²) in [7, 11) is 2.02. The zero-order valence-corrected chi connectivity index (χ0v) is 11.7. The van der Waals surface area contributed by atoms with Gasteiger partial charge in [-0.3, -0.25) is 0 Å². The number of aryl methyl sites for hydroxylation is 1. The second-order valence-corrected chi connectivity index (χ2v) is 6.04. The van der Waals surface area contributed by atoms with E-state index in [4.69, 9.17) is 10.5 Å². The molecule has 3 nitrogen and oxygen atoms in total. The van der Waals surface area contributed by atoms with Gasteiger partial charge in [0, 0.05) is 18.0 Å². The van der Waals surface area contributed by atoms with Gasteiger partial charge >= 0.3 is 0 Å². The van der Waals surface area contributed by atoms with Crippen molar-refractivity contribution in [2.75, 3.05) is 20.2 Å². The Labute approximate surface area is 115 Å². The molecule has 0 bridgehead atoms. The van der Waals surface area contributed by atoms with Crippen LogP contribution in [0.4, 0.5) is 0 Å². The molecule has 1 heterocycles. The van der Waals surface area contributed by atoms with Crippen molar-refractivity contribution in [3.63, 3.8) is 0 Å². The van der Waals surface area contributed by atoms with Gasteiger partial charge in [0.15, 0.2) is 0 Å². The molecule has 3 heteroatoms. The molecular formula is C16H24N2O. The fourth-order valence-electron chi connectivity index (χ4n) is 3.51. The maximum Gasteiger partial charge on any atom is 0.122 e. The Morgan fingerprint density at radius 2 is 2.21 bits per heavy atom. The molecule has 1 aliphatic carbocycles. The Bertz CT molecular complexity index is 454. The molecule has 1 unspecified atom stereocenters. The molecule has 1 aromatic rings. The van der Waals surface area contributed by atoms with Crippen LogP contribution in [0.2, 0.25) is 0 Å². The molecule has 1 saturated carbocycles. The van der Waals surface area contributed by atoms with E-state index < -0.39 is 0 Å². The van der Waals surface area contributed by atoms with Crippen molar-refractivity contribution >= 4 is 0 Å². The Morgan fingerprint density at radius 3 is 2.89 bits per heavy atom. The summed E-state index contributed by atoms with van der Waals surface area (Å²) >= 11 is 0. The number of hydrogen-bond acceptors (Lipinski definition) is 3. The summed E-state index contributed by atoms with van der Waals surface area (Å²) in [4.78, 5) is 0. The minimum absolute atomic E-state index is 0.140. The molecular weight excluding hydrogens is 236 g/mol. The largest absolute Gasteiger partial charge is 0.493 e. The molecule has 1 fully saturated rings. The van der Waals surface area contributed by atoms with E-state index in [1.54, 1.807) is 0 Å². The number of fused-ring (bicyclic) bond motifs is 1. The van der Waals surface area contributed by atoms with Gasteiger partial charge in [0.05, 0.1) is 6.61 Å². The number of ether oxygens (including phenoxy) is 1. The molecule has 0 amide bonds. The van der Waals surface area contributed by atoms with Crippen LogP contribution in [0.5, 0.6) is 5.75 Å². The van der Waals surface area contributed by atoms with Crippen LogP contribution in [0.1, 0.15) is 42.9 Å². The number of nitrogens with two attached hydrogens (primary N) is 1. The average Bonchev–Trinajstić information content (AvgIpc) is 2.41.